The van der Waals surface area contributed by atoms with Gasteiger partial charge in [0.2, 0.25) is 0 Å². The van der Waals surface area contributed by atoms with E-state index in [1.165, 1.54) is 5.56 Å². The summed E-state index contributed by atoms with van der Waals surface area (Å²) in [7, 11) is 0. The standard InChI is InChI=1S/C27H30O5S/c1-5-30-24(27(29)31-6-2)16-20-7-13-23(14-8-20)32-17-26-18(3)15-25(33-26)22-11-9-21(10-12-22)19(4)28/h7-15,24H,5-6,16-17H2,1-4H3/t24-/m0/s1. The molecule has 0 N–H and O–H groups in total. The lowest BCUT2D eigenvalue weighted by atomic mass is 10.1. The third-order valence-corrected chi connectivity index (χ3v) is 6.49. The summed E-state index contributed by atoms with van der Waals surface area (Å²) in [5.74, 6) is 0.501. The predicted octanol–water partition coefficient (Wildman–Crippen LogP) is 6.02. The minimum atomic E-state index is -0.599. The number of aryl methyl sites for hydroxylation is 1. The molecule has 0 aliphatic heterocycles. The molecule has 0 fully saturated rings. The van der Waals surface area contributed by atoms with Gasteiger partial charge in [0, 0.05) is 28.3 Å². The van der Waals surface area contributed by atoms with E-state index in [1.807, 2.05) is 55.5 Å². The monoisotopic (exact) mass is 466 g/mol. The Morgan fingerprint density at radius 3 is 2.27 bits per heavy atom. The van der Waals surface area contributed by atoms with Gasteiger partial charge in [0.1, 0.15) is 12.4 Å². The summed E-state index contributed by atoms with van der Waals surface area (Å²) in [5.41, 5.74) is 3.97. The highest BCUT2D eigenvalue weighted by atomic mass is 32.1. The summed E-state index contributed by atoms with van der Waals surface area (Å²) in [6.07, 6.45) is -0.138. The number of carbonyl (C=O) groups is 2. The maximum Gasteiger partial charge on any atom is 0.335 e. The average molecular weight is 467 g/mol. The van der Waals surface area contributed by atoms with Gasteiger partial charge in [-0.3, -0.25) is 4.79 Å². The van der Waals surface area contributed by atoms with Crippen molar-refractivity contribution in [1.82, 2.24) is 0 Å². The normalized spacial score (nSPS) is 11.8. The first-order chi connectivity index (χ1) is 15.9. The predicted molar refractivity (Wildman–Crippen MR) is 131 cm³/mol. The van der Waals surface area contributed by atoms with Crippen molar-refractivity contribution in [3.63, 3.8) is 0 Å². The fraction of sp³-hybridized carbons (Fsp3) is 0.333. The summed E-state index contributed by atoms with van der Waals surface area (Å²) >= 11 is 1.69. The third-order valence-electron chi connectivity index (χ3n) is 5.23. The minimum Gasteiger partial charge on any atom is -0.488 e. The second kappa shape index (κ2) is 11.8. The fourth-order valence-corrected chi connectivity index (χ4v) is 4.50. The highest BCUT2D eigenvalue weighted by molar-refractivity contribution is 7.15. The topological polar surface area (TPSA) is 61.8 Å². The number of hydrogen-bond donors (Lipinski definition) is 0. The smallest absolute Gasteiger partial charge is 0.335 e. The van der Waals surface area contributed by atoms with Crippen LogP contribution >= 0.6 is 11.3 Å². The summed E-state index contributed by atoms with van der Waals surface area (Å²) < 4.78 is 16.7. The summed E-state index contributed by atoms with van der Waals surface area (Å²) in [5, 5.41) is 0. The molecular weight excluding hydrogens is 436 g/mol. The second-order valence-electron chi connectivity index (χ2n) is 7.68. The summed E-state index contributed by atoms with van der Waals surface area (Å²) in [4.78, 5) is 25.9. The van der Waals surface area contributed by atoms with Gasteiger partial charge in [0.05, 0.1) is 6.61 Å². The van der Waals surface area contributed by atoms with Crippen molar-refractivity contribution in [1.29, 1.82) is 0 Å². The largest absolute Gasteiger partial charge is 0.488 e. The van der Waals surface area contributed by atoms with Gasteiger partial charge in [0.15, 0.2) is 11.9 Å². The number of hydrogen-bond acceptors (Lipinski definition) is 6. The van der Waals surface area contributed by atoms with Crippen LogP contribution < -0.4 is 4.74 Å². The van der Waals surface area contributed by atoms with E-state index < -0.39 is 6.10 Å². The number of rotatable bonds is 11. The summed E-state index contributed by atoms with van der Waals surface area (Å²) in [6.45, 7) is 8.57. The number of Topliss-reactive ketones (excluding diaryl/α,β-unsaturated/α-hetero) is 1. The van der Waals surface area contributed by atoms with E-state index in [2.05, 4.69) is 13.0 Å². The molecule has 1 atom stereocenters. The number of ether oxygens (including phenoxy) is 3. The van der Waals surface area contributed by atoms with Gasteiger partial charge in [-0.05, 0) is 62.6 Å². The van der Waals surface area contributed by atoms with Gasteiger partial charge in [-0.1, -0.05) is 36.4 Å². The lowest BCUT2D eigenvalue weighted by Crippen LogP contribution is -2.28. The highest BCUT2D eigenvalue weighted by Crippen LogP contribution is 2.32. The van der Waals surface area contributed by atoms with Gasteiger partial charge >= 0.3 is 5.97 Å². The molecule has 0 saturated carbocycles. The molecule has 3 aromatic rings. The molecule has 0 bridgehead atoms. The molecule has 0 amide bonds. The molecule has 0 aliphatic rings. The zero-order valence-corrected chi connectivity index (χ0v) is 20.4. The van der Waals surface area contributed by atoms with Crippen LogP contribution in [-0.4, -0.2) is 31.1 Å². The molecule has 174 valence electrons. The first-order valence-corrected chi connectivity index (χ1v) is 11.9. The van der Waals surface area contributed by atoms with Crippen LogP contribution in [0.1, 0.15) is 47.1 Å². The molecule has 5 nitrogen and oxygen atoms in total. The first kappa shape index (κ1) is 24.7. The quantitative estimate of drug-likeness (QED) is 0.256. The van der Waals surface area contributed by atoms with Crippen LogP contribution in [-0.2, 0) is 27.3 Å². The Kier molecular flexibility index (Phi) is 8.80. The number of esters is 1. The molecule has 0 aliphatic carbocycles. The molecule has 0 saturated heterocycles. The van der Waals surface area contributed by atoms with Crippen molar-refractivity contribution in [2.45, 2.75) is 46.8 Å². The van der Waals surface area contributed by atoms with Gasteiger partial charge in [-0.15, -0.1) is 11.3 Å². The molecule has 33 heavy (non-hydrogen) atoms. The Hall–Kier alpha value is -2.96. The lowest BCUT2D eigenvalue weighted by molar-refractivity contribution is -0.156. The molecule has 2 aromatic carbocycles. The highest BCUT2D eigenvalue weighted by Gasteiger charge is 2.20. The number of thiophene rings is 1. The number of benzene rings is 2. The van der Waals surface area contributed by atoms with Crippen LogP contribution in [0.3, 0.4) is 0 Å². The Morgan fingerprint density at radius 1 is 0.970 bits per heavy atom. The van der Waals surface area contributed by atoms with Gasteiger partial charge < -0.3 is 14.2 Å². The number of carbonyl (C=O) groups excluding carboxylic acids is 2. The van der Waals surface area contributed by atoms with Crippen LogP contribution in [0.25, 0.3) is 10.4 Å². The van der Waals surface area contributed by atoms with E-state index in [-0.39, 0.29) is 11.8 Å². The van der Waals surface area contributed by atoms with Crippen molar-refractivity contribution in [3.8, 4) is 16.2 Å². The van der Waals surface area contributed by atoms with Crippen molar-refractivity contribution in [2.24, 2.45) is 0 Å². The van der Waals surface area contributed by atoms with Gasteiger partial charge in [-0.25, -0.2) is 4.79 Å². The average Bonchev–Trinajstić information content (AvgIpc) is 3.19. The lowest BCUT2D eigenvalue weighted by Gasteiger charge is -2.15. The van der Waals surface area contributed by atoms with Crippen molar-refractivity contribution in [2.75, 3.05) is 13.2 Å². The molecule has 1 heterocycles. The molecule has 6 heteroatoms. The van der Waals surface area contributed by atoms with Crippen LogP contribution in [0.15, 0.2) is 54.6 Å². The van der Waals surface area contributed by atoms with E-state index in [0.717, 1.165) is 26.6 Å². The maximum absolute atomic E-state index is 12.1. The Bertz CT molecular complexity index is 1070. The first-order valence-electron chi connectivity index (χ1n) is 11.1. The molecular formula is C27H30O5S. The maximum atomic E-state index is 12.1. The van der Waals surface area contributed by atoms with Crippen molar-refractivity contribution >= 4 is 23.1 Å². The third kappa shape index (κ3) is 6.76. The zero-order chi connectivity index (χ0) is 23.8. The van der Waals surface area contributed by atoms with Gasteiger partial charge in [-0.2, -0.15) is 0 Å². The summed E-state index contributed by atoms with van der Waals surface area (Å²) in [6, 6.07) is 17.6. The van der Waals surface area contributed by atoms with E-state index in [9.17, 15) is 9.59 Å². The van der Waals surface area contributed by atoms with Crippen molar-refractivity contribution in [3.05, 3.63) is 76.2 Å². The van der Waals surface area contributed by atoms with Gasteiger partial charge in [0.25, 0.3) is 0 Å². The van der Waals surface area contributed by atoms with Crippen LogP contribution in [0, 0.1) is 6.92 Å². The Balaban J connectivity index is 1.61. The SMILES string of the molecule is CCOC(=O)[C@H](Cc1ccc(OCc2sc(-c3ccc(C(C)=O)cc3)cc2C)cc1)OCC. The molecule has 0 radical (unpaired) electrons. The van der Waals surface area contributed by atoms with Crippen LogP contribution in [0.5, 0.6) is 5.75 Å². The Morgan fingerprint density at radius 2 is 1.67 bits per heavy atom. The molecule has 0 unspecified atom stereocenters. The van der Waals surface area contributed by atoms with Crippen LogP contribution in [0.2, 0.25) is 0 Å². The minimum absolute atomic E-state index is 0.0679. The second-order valence-corrected chi connectivity index (χ2v) is 8.82. The molecule has 1 aromatic heterocycles. The van der Waals surface area contributed by atoms with E-state index in [1.54, 1.807) is 25.2 Å². The van der Waals surface area contributed by atoms with Crippen molar-refractivity contribution < 1.29 is 23.8 Å². The van der Waals surface area contributed by atoms with E-state index in [0.29, 0.717) is 31.8 Å². The van der Waals surface area contributed by atoms with E-state index >= 15 is 0 Å². The Labute approximate surface area is 199 Å². The molecule has 0 spiro atoms. The van der Waals surface area contributed by atoms with Crippen LogP contribution in [0.4, 0.5) is 0 Å². The molecule has 3 rings (SSSR count). The van der Waals surface area contributed by atoms with E-state index in [4.69, 9.17) is 14.2 Å². The fourth-order valence-electron chi connectivity index (χ4n) is 3.41. The zero-order valence-electron chi connectivity index (χ0n) is 19.6. The number of ketones is 1.